The Kier molecular flexibility index (Phi) is 5.03. The van der Waals surface area contributed by atoms with E-state index in [0.29, 0.717) is 12.2 Å². The molecule has 1 heterocycles. The SMILES string of the molecule is Cc1cc(C)nc(SCCOc2ccc(C#N)cc2)c1. The molecule has 1 aromatic heterocycles. The summed E-state index contributed by atoms with van der Waals surface area (Å²) < 4.78 is 5.63. The topological polar surface area (TPSA) is 45.9 Å². The second-order valence-corrected chi connectivity index (χ2v) is 5.57. The van der Waals surface area contributed by atoms with Crippen molar-refractivity contribution in [3.63, 3.8) is 0 Å². The third kappa shape index (κ3) is 4.29. The van der Waals surface area contributed by atoms with Crippen molar-refractivity contribution >= 4 is 11.8 Å². The van der Waals surface area contributed by atoms with Crippen LogP contribution in [0.25, 0.3) is 0 Å². The van der Waals surface area contributed by atoms with Crippen LogP contribution in [0.5, 0.6) is 5.75 Å². The van der Waals surface area contributed by atoms with Gasteiger partial charge in [-0.25, -0.2) is 4.98 Å². The van der Waals surface area contributed by atoms with Gasteiger partial charge < -0.3 is 4.74 Å². The van der Waals surface area contributed by atoms with Crippen LogP contribution in [0.3, 0.4) is 0 Å². The first kappa shape index (κ1) is 14.4. The molecular weight excluding hydrogens is 268 g/mol. The first-order chi connectivity index (χ1) is 9.67. The molecule has 4 heteroatoms. The Morgan fingerprint density at radius 3 is 2.60 bits per heavy atom. The van der Waals surface area contributed by atoms with Crippen molar-refractivity contribution in [2.24, 2.45) is 0 Å². The zero-order valence-corrected chi connectivity index (χ0v) is 12.4. The van der Waals surface area contributed by atoms with Crippen molar-refractivity contribution in [1.29, 1.82) is 5.26 Å². The molecule has 0 spiro atoms. The zero-order chi connectivity index (χ0) is 14.4. The van der Waals surface area contributed by atoms with Gasteiger partial charge in [0.05, 0.1) is 23.3 Å². The Hall–Kier alpha value is -1.99. The fourth-order valence-electron chi connectivity index (χ4n) is 1.81. The van der Waals surface area contributed by atoms with Gasteiger partial charge >= 0.3 is 0 Å². The lowest BCUT2D eigenvalue weighted by atomic mass is 10.2. The molecule has 0 N–H and O–H groups in total. The standard InChI is InChI=1S/C16H16N2OS/c1-12-9-13(2)18-16(10-12)20-8-7-19-15-5-3-14(11-17)4-6-15/h3-6,9-10H,7-8H2,1-2H3. The van der Waals surface area contributed by atoms with Crippen LogP contribution in [-0.2, 0) is 0 Å². The molecule has 1 aromatic carbocycles. The molecule has 2 rings (SSSR count). The van der Waals surface area contributed by atoms with Crippen LogP contribution in [0.2, 0.25) is 0 Å². The number of thioether (sulfide) groups is 1. The van der Waals surface area contributed by atoms with Crippen LogP contribution in [0.4, 0.5) is 0 Å². The summed E-state index contributed by atoms with van der Waals surface area (Å²) in [6.07, 6.45) is 0. The molecule has 0 aliphatic rings. The van der Waals surface area contributed by atoms with E-state index in [-0.39, 0.29) is 0 Å². The average molecular weight is 284 g/mol. The van der Waals surface area contributed by atoms with Crippen LogP contribution < -0.4 is 4.74 Å². The van der Waals surface area contributed by atoms with Crippen molar-refractivity contribution in [1.82, 2.24) is 4.98 Å². The van der Waals surface area contributed by atoms with Crippen molar-refractivity contribution in [3.05, 3.63) is 53.2 Å². The maximum Gasteiger partial charge on any atom is 0.119 e. The second-order valence-electron chi connectivity index (χ2n) is 4.46. The van der Waals surface area contributed by atoms with Crippen LogP contribution >= 0.6 is 11.8 Å². The van der Waals surface area contributed by atoms with Crippen molar-refractivity contribution < 1.29 is 4.74 Å². The maximum atomic E-state index is 8.71. The number of hydrogen-bond acceptors (Lipinski definition) is 4. The first-order valence-electron chi connectivity index (χ1n) is 6.38. The highest BCUT2D eigenvalue weighted by molar-refractivity contribution is 7.99. The van der Waals surface area contributed by atoms with E-state index in [1.165, 1.54) is 5.56 Å². The Bertz CT molecular complexity index is 597. The highest BCUT2D eigenvalue weighted by Gasteiger charge is 2.00. The first-order valence-corrected chi connectivity index (χ1v) is 7.37. The molecule has 3 nitrogen and oxygen atoms in total. The summed E-state index contributed by atoms with van der Waals surface area (Å²) >= 11 is 1.69. The summed E-state index contributed by atoms with van der Waals surface area (Å²) in [4.78, 5) is 4.47. The van der Waals surface area contributed by atoms with Gasteiger partial charge in [0.25, 0.3) is 0 Å². The summed E-state index contributed by atoms with van der Waals surface area (Å²) in [5.41, 5.74) is 2.92. The summed E-state index contributed by atoms with van der Waals surface area (Å²) in [5.74, 6) is 1.63. The third-order valence-corrected chi connectivity index (χ3v) is 3.54. The number of aromatic nitrogens is 1. The monoisotopic (exact) mass is 284 g/mol. The van der Waals surface area contributed by atoms with E-state index in [2.05, 4.69) is 30.1 Å². The molecule has 0 bridgehead atoms. The van der Waals surface area contributed by atoms with Gasteiger partial charge in [0.15, 0.2) is 0 Å². The third-order valence-electron chi connectivity index (χ3n) is 2.66. The molecule has 2 aromatic rings. The lowest BCUT2D eigenvalue weighted by Crippen LogP contribution is -2.00. The minimum absolute atomic E-state index is 0.616. The van der Waals surface area contributed by atoms with Crippen LogP contribution in [-0.4, -0.2) is 17.3 Å². The predicted octanol–water partition coefficient (Wildman–Crippen LogP) is 3.74. The summed E-state index contributed by atoms with van der Waals surface area (Å²) in [5, 5.41) is 9.75. The number of pyridine rings is 1. The number of benzene rings is 1. The highest BCUT2D eigenvalue weighted by Crippen LogP contribution is 2.18. The summed E-state index contributed by atoms with van der Waals surface area (Å²) in [7, 11) is 0. The van der Waals surface area contributed by atoms with E-state index in [9.17, 15) is 0 Å². The lowest BCUT2D eigenvalue weighted by molar-refractivity contribution is 0.344. The normalized spacial score (nSPS) is 10.1. The maximum absolute atomic E-state index is 8.71. The lowest BCUT2D eigenvalue weighted by Gasteiger charge is -2.06. The molecule has 102 valence electrons. The Morgan fingerprint density at radius 1 is 1.20 bits per heavy atom. The molecular formula is C16H16N2OS. The van der Waals surface area contributed by atoms with Gasteiger partial charge in [-0.3, -0.25) is 0 Å². The van der Waals surface area contributed by atoms with Crippen molar-refractivity contribution in [3.8, 4) is 11.8 Å². The number of nitrogens with zero attached hydrogens (tertiary/aromatic N) is 2. The molecule has 0 radical (unpaired) electrons. The quantitative estimate of drug-likeness (QED) is 0.620. The van der Waals surface area contributed by atoms with Gasteiger partial charge in [-0.2, -0.15) is 5.26 Å². The average Bonchev–Trinajstić information content (AvgIpc) is 2.43. The molecule has 20 heavy (non-hydrogen) atoms. The minimum Gasteiger partial charge on any atom is -0.493 e. The molecule has 0 amide bonds. The fraction of sp³-hybridized carbons (Fsp3) is 0.250. The second kappa shape index (κ2) is 6.97. The number of aryl methyl sites for hydroxylation is 2. The number of rotatable bonds is 5. The van der Waals surface area contributed by atoms with Gasteiger partial charge in [-0.1, -0.05) is 0 Å². The Balaban J connectivity index is 1.79. The molecule has 0 aliphatic heterocycles. The van der Waals surface area contributed by atoms with Gasteiger partial charge in [0.2, 0.25) is 0 Å². The summed E-state index contributed by atoms with van der Waals surface area (Å²) in [6.45, 7) is 4.70. The number of nitriles is 1. The molecule has 0 fully saturated rings. The Labute approximate surface area is 123 Å². The van der Waals surface area contributed by atoms with Gasteiger partial charge in [-0.15, -0.1) is 11.8 Å². The van der Waals surface area contributed by atoms with Crippen molar-refractivity contribution in [2.45, 2.75) is 18.9 Å². The van der Waals surface area contributed by atoms with E-state index < -0.39 is 0 Å². The van der Waals surface area contributed by atoms with Crippen LogP contribution in [0.15, 0.2) is 41.4 Å². The van der Waals surface area contributed by atoms with Crippen LogP contribution in [0, 0.1) is 25.2 Å². The van der Waals surface area contributed by atoms with Crippen LogP contribution in [0.1, 0.15) is 16.8 Å². The zero-order valence-electron chi connectivity index (χ0n) is 11.6. The molecule has 0 saturated carbocycles. The van der Waals surface area contributed by atoms with E-state index in [1.807, 2.05) is 19.1 Å². The van der Waals surface area contributed by atoms with E-state index in [0.717, 1.165) is 22.2 Å². The molecule has 0 unspecified atom stereocenters. The van der Waals surface area contributed by atoms with Gasteiger partial charge in [0.1, 0.15) is 5.75 Å². The van der Waals surface area contributed by atoms with Crippen molar-refractivity contribution in [2.75, 3.05) is 12.4 Å². The molecule has 0 saturated heterocycles. The minimum atomic E-state index is 0.616. The molecule has 0 aliphatic carbocycles. The van der Waals surface area contributed by atoms with E-state index >= 15 is 0 Å². The fourth-order valence-corrected chi connectivity index (χ4v) is 2.66. The molecule has 0 atom stereocenters. The Morgan fingerprint density at radius 2 is 1.95 bits per heavy atom. The highest BCUT2D eigenvalue weighted by atomic mass is 32.2. The van der Waals surface area contributed by atoms with Gasteiger partial charge in [0, 0.05) is 11.4 Å². The van der Waals surface area contributed by atoms with Gasteiger partial charge in [-0.05, 0) is 55.8 Å². The number of hydrogen-bond donors (Lipinski definition) is 0. The summed E-state index contributed by atoms with van der Waals surface area (Å²) in [6, 6.07) is 13.4. The smallest absolute Gasteiger partial charge is 0.119 e. The number of ether oxygens (including phenoxy) is 1. The largest absolute Gasteiger partial charge is 0.493 e. The van der Waals surface area contributed by atoms with E-state index in [1.54, 1.807) is 23.9 Å². The predicted molar refractivity (Wildman–Crippen MR) is 81.1 cm³/mol. The van der Waals surface area contributed by atoms with E-state index in [4.69, 9.17) is 10.00 Å².